The van der Waals surface area contributed by atoms with Gasteiger partial charge in [-0.1, -0.05) is 30.3 Å². The van der Waals surface area contributed by atoms with Crippen molar-refractivity contribution in [2.75, 3.05) is 13.1 Å². The van der Waals surface area contributed by atoms with Gasteiger partial charge in [0.25, 0.3) is 5.91 Å². The number of aromatic hydroxyl groups is 1. The molecule has 1 saturated heterocycles. The van der Waals surface area contributed by atoms with E-state index in [9.17, 15) is 19.8 Å². The van der Waals surface area contributed by atoms with Gasteiger partial charge in [-0.15, -0.1) is 0 Å². The van der Waals surface area contributed by atoms with Gasteiger partial charge in [-0.25, -0.2) is 4.99 Å². The van der Waals surface area contributed by atoms with E-state index in [1.165, 1.54) is 0 Å². The minimum Gasteiger partial charge on any atom is -0.494 e. The molecule has 36 heavy (non-hydrogen) atoms. The molecule has 5 rings (SSSR count). The number of amides is 1. The van der Waals surface area contributed by atoms with E-state index in [4.69, 9.17) is 4.99 Å². The van der Waals surface area contributed by atoms with E-state index in [1.807, 2.05) is 43.3 Å². The Hall–Kier alpha value is -4.23. The van der Waals surface area contributed by atoms with Crippen molar-refractivity contribution in [1.29, 1.82) is 0 Å². The number of nitrogens with one attached hydrogen (secondary N) is 1. The number of hydrogen-bond donors (Lipinski definition) is 3. The van der Waals surface area contributed by atoms with Gasteiger partial charge < -0.3 is 20.1 Å². The van der Waals surface area contributed by atoms with Gasteiger partial charge in [0.15, 0.2) is 5.88 Å². The Morgan fingerprint density at radius 2 is 1.83 bits per heavy atom. The zero-order valence-corrected chi connectivity index (χ0v) is 19.9. The molecule has 3 aromatic carbocycles. The molecular formula is C29H27N3O4. The second-order valence-electron chi connectivity index (χ2n) is 9.14. The van der Waals surface area contributed by atoms with Crippen LogP contribution in [0.5, 0.6) is 5.88 Å². The minimum absolute atomic E-state index is 0.0366. The number of benzene rings is 3. The summed E-state index contributed by atoms with van der Waals surface area (Å²) >= 11 is 0. The smallest absolute Gasteiger partial charge is 0.253 e. The van der Waals surface area contributed by atoms with Crippen LogP contribution in [0.3, 0.4) is 0 Å². The molecular weight excluding hydrogens is 454 g/mol. The molecule has 0 saturated carbocycles. The molecule has 1 atom stereocenters. The molecule has 3 N–H and O–H groups in total. The average molecular weight is 482 g/mol. The number of fused-ring (bicyclic) bond motifs is 1. The van der Waals surface area contributed by atoms with Gasteiger partial charge in [-0.05, 0) is 61.7 Å². The average Bonchev–Trinajstić information content (AvgIpc) is 3.21. The minimum atomic E-state index is -0.477. The molecule has 1 aliphatic heterocycles. The molecule has 7 nitrogen and oxygen atoms in total. The SMILES string of the molecule is Cc1cc2c(C(=Nc3ccc(C(=O)N4CCCC(O)C4)cc3)c3ccccc3)c(O)[nH]c2cc1C=O. The van der Waals surface area contributed by atoms with Crippen LogP contribution in [-0.4, -0.2) is 57.2 Å². The van der Waals surface area contributed by atoms with Gasteiger partial charge >= 0.3 is 0 Å². The van der Waals surface area contributed by atoms with E-state index in [0.29, 0.717) is 46.7 Å². The number of aromatic amines is 1. The fourth-order valence-electron chi connectivity index (χ4n) is 4.71. The quantitative estimate of drug-likeness (QED) is 0.282. The Morgan fingerprint density at radius 1 is 1.08 bits per heavy atom. The molecule has 1 amide bonds. The monoisotopic (exact) mass is 481 g/mol. The first-order valence-corrected chi connectivity index (χ1v) is 12.0. The second kappa shape index (κ2) is 9.79. The van der Waals surface area contributed by atoms with Crippen molar-refractivity contribution in [3.8, 4) is 5.88 Å². The topological polar surface area (TPSA) is 106 Å². The number of aliphatic imine (C=N–C) groups is 1. The number of rotatable bonds is 5. The fraction of sp³-hybridized carbons (Fsp3) is 0.207. The summed E-state index contributed by atoms with van der Waals surface area (Å²) < 4.78 is 0. The number of carbonyl (C=O) groups excluding carboxylic acids is 2. The maximum Gasteiger partial charge on any atom is 0.253 e. The van der Waals surface area contributed by atoms with Crippen molar-refractivity contribution in [1.82, 2.24) is 9.88 Å². The Kier molecular flexibility index (Phi) is 6.40. The highest BCUT2D eigenvalue weighted by atomic mass is 16.3. The molecule has 4 aromatic rings. The predicted molar refractivity (Wildman–Crippen MR) is 139 cm³/mol. The van der Waals surface area contributed by atoms with Crippen LogP contribution >= 0.6 is 0 Å². The number of hydrogen-bond acceptors (Lipinski definition) is 5. The molecule has 1 aliphatic rings. The Balaban J connectivity index is 1.56. The molecule has 7 heteroatoms. The lowest BCUT2D eigenvalue weighted by molar-refractivity contribution is 0.0474. The number of H-pyrrole nitrogens is 1. The summed E-state index contributed by atoms with van der Waals surface area (Å²) in [5, 5.41) is 21.6. The summed E-state index contributed by atoms with van der Waals surface area (Å²) in [6.45, 7) is 2.84. The van der Waals surface area contributed by atoms with Crippen molar-refractivity contribution in [3.05, 3.63) is 94.5 Å². The summed E-state index contributed by atoms with van der Waals surface area (Å²) in [6, 6.07) is 20.2. The van der Waals surface area contributed by atoms with Crippen molar-refractivity contribution in [3.63, 3.8) is 0 Å². The van der Waals surface area contributed by atoms with Crippen LogP contribution in [-0.2, 0) is 0 Å². The zero-order valence-electron chi connectivity index (χ0n) is 19.9. The number of aldehydes is 1. The fourth-order valence-corrected chi connectivity index (χ4v) is 4.71. The third-order valence-corrected chi connectivity index (χ3v) is 6.62. The maximum absolute atomic E-state index is 12.9. The Bertz CT molecular complexity index is 1460. The first-order valence-electron chi connectivity index (χ1n) is 12.0. The zero-order chi connectivity index (χ0) is 25.2. The van der Waals surface area contributed by atoms with Gasteiger partial charge in [0.1, 0.15) is 6.29 Å². The molecule has 0 aliphatic carbocycles. The first kappa shape index (κ1) is 23.5. The number of nitrogens with zero attached hydrogens (tertiary/aromatic N) is 2. The summed E-state index contributed by atoms with van der Waals surface area (Å²) in [7, 11) is 0. The van der Waals surface area contributed by atoms with Crippen molar-refractivity contribution >= 4 is 34.5 Å². The van der Waals surface area contributed by atoms with E-state index in [1.54, 1.807) is 35.2 Å². The van der Waals surface area contributed by atoms with Crippen molar-refractivity contribution in [2.24, 2.45) is 4.99 Å². The summed E-state index contributed by atoms with van der Waals surface area (Å²) in [6.07, 6.45) is 1.83. The number of aryl methyl sites for hydroxylation is 1. The standard InChI is InChI=1S/C29H27N3O4/c1-18-14-24-25(15-21(18)17-33)31-28(35)26(24)27(19-6-3-2-4-7-19)30-22-11-9-20(10-12-22)29(36)32-13-5-8-23(34)16-32/h2-4,6-7,9-12,14-15,17,23,31,34-35H,5,8,13,16H2,1H3. The van der Waals surface area contributed by atoms with E-state index < -0.39 is 6.10 Å². The largest absolute Gasteiger partial charge is 0.494 e. The molecule has 0 bridgehead atoms. The lowest BCUT2D eigenvalue weighted by Crippen LogP contribution is -2.42. The Morgan fingerprint density at radius 3 is 2.53 bits per heavy atom. The molecule has 1 fully saturated rings. The van der Waals surface area contributed by atoms with Gasteiger partial charge in [0.2, 0.25) is 0 Å². The molecule has 0 spiro atoms. The number of aliphatic hydroxyl groups is 1. The highest BCUT2D eigenvalue weighted by molar-refractivity contribution is 6.22. The summed E-state index contributed by atoms with van der Waals surface area (Å²) in [5.41, 5.74) is 5.08. The van der Waals surface area contributed by atoms with Gasteiger partial charge in [0, 0.05) is 40.7 Å². The van der Waals surface area contributed by atoms with E-state index in [0.717, 1.165) is 35.6 Å². The molecule has 182 valence electrons. The normalized spacial score (nSPS) is 16.3. The van der Waals surface area contributed by atoms with Crippen molar-refractivity contribution < 1.29 is 19.8 Å². The number of β-amino-alcohol motifs (C(OH)–C–C–N with tert-alkyl or cyclic N) is 1. The van der Waals surface area contributed by atoms with Crippen LogP contribution in [0.2, 0.25) is 0 Å². The third-order valence-electron chi connectivity index (χ3n) is 6.62. The van der Waals surface area contributed by atoms with Crippen LogP contribution < -0.4 is 0 Å². The number of carbonyl (C=O) groups is 2. The predicted octanol–water partition coefficient (Wildman–Crippen LogP) is 4.76. The van der Waals surface area contributed by atoms with E-state index in [-0.39, 0.29) is 11.8 Å². The Labute approximate surface area is 208 Å². The molecule has 0 radical (unpaired) electrons. The number of aromatic nitrogens is 1. The lowest BCUT2D eigenvalue weighted by atomic mass is 9.98. The third kappa shape index (κ3) is 4.53. The first-order chi connectivity index (χ1) is 17.4. The molecule has 1 aromatic heterocycles. The lowest BCUT2D eigenvalue weighted by Gasteiger charge is -2.30. The number of likely N-dealkylation sites (tertiary alicyclic amines) is 1. The van der Waals surface area contributed by atoms with Crippen molar-refractivity contribution in [2.45, 2.75) is 25.9 Å². The second-order valence-corrected chi connectivity index (χ2v) is 9.14. The van der Waals surface area contributed by atoms with Gasteiger partial charge in [-0.3, -0.25) is 9.59 Å². The number of piperidine rings is 1. The number of aliphatic hydroxyl groups excluding tert-OH is 1. The van der Waals surface area contributed by atoms with Crippen LogP contribution in [0.15, 0.2) is 71.7 Å². The summed E-state index contributed by atoms with van der Waals surface area (Å²) in [5.74, 6) is -0.145. The van der Waals surface area contributed by atoms with Crippen LogP contribution in [0, 0.1) is 6.92 Å². The van der Waals surface area contributed by atoms with E-state index >= 15 is 0 Å². The highest BCUT2D eigenvalue weighted by Gasteiger charge is 2.23. The van der Waals surface area contributed by atoms with Gasteiger partial charge in [-0.2, -0.15) is 0 Å². The van der Waals surface area contributed by atoms with Gasteiger partial charge in [0.05, 0.1) is 23.1 Å². The van der Waals surface area contributed by atoms with Crippen LogP contribution in [0.1, 0.15) is 50.2 Å². The van der Waals surface area contributed by atoms with Crippen LogP contribution in [0.25, 0.3) is 10.9 Å². The molecule has 1 unspecified atom stereocenters. The maximum atomic E-state index is 12.9. The molecule has 2 heterocycles. The van der Waals surface area contributed by atoms with Crippen LogP contribution in [0.4, 0.5) is 5.69 Å². The highest BCUT2D eigenvalue weighted by Crippen LogP contribution is 2.33. The van der Waals surface area contributed by atoms with E-state index in [2.05, 4.69) is 4.98 Å². The summed E-state index contributed by atoms with van der Waals surface area (Å²) in [4.78, 5) is 33.8.